The van der Waals surface area contributed by atoms with Gasteiger partial charge in [-0.2, -0.15) is 29.9 Å². The summed E-state index contributed by atoms with van der Waals surface area (Å²) in [6.45, 7) is 58.7. The van der Waals surface area contributed by atoms with Crippen LogP contribution in [0, 0.1) is 0 Å². The van der Waals surface area contributed by atoms with Gasteiger partial charge in [0.25, 0.3) is 0 Å². The lowest BCUT2D eigenvalue weighted by Gasteiger charge is -2.50. The van der Waals surface area contributed by atoms with E-state index >= 15 is 0 Å². The molecule has 2 aromatic heterocycles. The Kier molecular flexibility index (Phi) is 46.4. The molecular formula is C100H195N17. The molecule has 117 heavy (non-hydrogen) atoms. The second-order valence-corrected chi connectivity index (χ2v) is 43.6. The van der Waals surface area contributed by atoms with Crippen molar-refractivity contribution < 1.29 is 0 Å². The minimum Gasteiger partial charge on any atom is -0.354 e. The van der Waals surface area contributed by atoms with E-state index in [1.807, 2.05) is 0 Å². The summed E-state index contributed by atoms with van der Waals surface area (Å²) in [5, 5.41) is 24.1. The molecule has 0 aliphatic carbocycles. The first-order valence-electron chi connectivity index (χ1n) is 50.7. The Labute approximate surface area is 724 Å². The summed E-state index contributed by atoms with van der Waals surface area (Å²) in [7, 11) is 0. The van der Waals surface area contributed by atoms with Gasteiger partial charge < -0.3 is 56.4 Å². The highest BCUT2D eigenvalue weighted by Crippen LogP contribution is 2.40. The predicted molar refractivity (Wildman–Crippen MR) is 511 cm³/mol. The normalized spacial score (nSPS) is 19.2. The summed E-state index contributed by atoms with van der Waals surface area (Å²) >= 11 is 0. The standard InChI is InChI=1S/C100H195N17/c1-22-27-32-36-40-44-48-52-56-60-71-114(83-75-93(6,7)109-94(8,9)76-83)89-103-87(104-90(107-89)115(84-77-95(10,11)110-96(12,13)78-84)72-61-57-53-49-45-41-37-33-28-23-2)101-66-64-69-113(68-31-26-5)70-65-67-102-88-105-91(116(85-79-97(14,15)111-98(16,17)80-85)73-62-58-54-50-46-42-38-34-29-24-3)108-92(106-88)117(86-81-99(18,19)112-100(20,21)82-86)74-63-59-55-51-47-43-39-35-30-25-4/h83-86,109-112H,22-82H2,1-21H3,(H,101,103,104,107)(H,102,105,106,108). The topological polar surface area (TPSA) is 166 Å². The van der Waals surface area contributed by atoms with Crippen LogP contribution in [0.3, 0.4) is 0 Å². The number of aromatic nitrogens is 6. The zero-order chi connectivity index (χ0) is 85.3. The highest BCUT2D eigenvalue weighted by Gasteiger charge is 2.46. The molecule has 4 aliphatic heterocycles. The van der Waals surface area contributed by atoms with Gasteiger partial charge in [-0.3, -0.25) is 0 Å². The van der Waals surface area contributed by atoms with Crippen LogP contribution in [-0.2, 0) is 0 Å². The molecule has 0 saturated carbocycles. The van der Waals surface area contributed by atoms with E-state index in [9.17, 15) is 0 Å². The van der Waals surface area contributed by atoms with Crippen molar-refractivity contribution >= 4 is 35.7 Å². The van der Waals surface area contributed by atoms with Crippen LogP contribution in [0.1, 0.15) is 479 Å². The molecule has 0 bridgehead atoms. The summed E-state index contributed by atoms with van der Waals surface area (Å²) in [5.41, 5.74) is -0.235. The van der Waals surface area contributed by atoms with Gasteiger partial charge in [0.2, 0.25) is 35.7 Å². The van der Waals surface area contributed by atoms with Crippen LogP contribution in [0.2, 0.25) is 0 Å². The maximum absolute atomic E-state index is 5.82. The molecule has 0 spiro atoms. The summed E-state index contributed by atoms with van der Waals surface area (Å²) in [5.74, 6) is 4.95. The third kappa shape index (κ3) is 41.3. The van der Waals surface area contributed by atoms with Gasteiger partial charge in [0.1, 0.15) is 0 Å². The Morgan fingerprint density at radius 2 is 0.393 bits per heavy atom. The fourth-order valence-electron chi connectivity index (χ4n) is 21.9. The number of piperidine rings is 4. The van der Waals surface area contributed by atoms with E-state index in [4.69, 9.17) is 29.9 Å². The molecule has 0 atom stereocenters. The molecule has 6 rings (SSSR count). The lowest BCUT2D eigenvalue weighted by molar-refractivity contribution is 0.156. The molecule has 0 amide bonds. The maximum atomic E-state index is 5.82. The molecule has 0 radical (unpaired) electrons. The smallest absolute Gasteiger partial charge is 0.232 e. The van der Waals surface area contributed by atoms with Gasteiger partial charge >= 0.3 is 0 Å². The van der Waals surface area contributed by atoms with E-state index in [0.29, 0.717) is 24.2 Å². The molecule has 0 aromatic carbocycles. The van der Waals surface area contributed by atoms with Crippen LogP contribution in [0.4, 0.5) is 35.7 Å². The molecule has 4 aliphatic rings. The monoisotopic (exact) mass is 1630 g/mol. The van der Waals surface area contributed by atoms with E-state index in [1.54, 1.807) is 0 Å². The average molecular weight is 1640 g/mol. The summed E-state index contributed by atoms with van der Waals surface area (Å²) in [4.78, 5) is 47.6. The first-order valence-corrected chi connectivity index (χ1v) is 50.7. The number of nitrogens with zero attached hydrogens (tertiary/aromatic N) is 11. The molecule has 0 unspecified atom stereocenters. The molecule has 17 nitrogen and oxygen atoms in total. The van der Waals surface area contributed by atoms with Gasteiger partial charge in [-0.1, -0.05) is 272 Å². The second-order valence-electron chi connectivity index (χ2n) is 43.6. The lowest BCUT2D eigenvalue weighted by atomic mass is 9.79. The van der Waals surface area contributed by atoms with Crippen molar-refractivity contribution in [3.63, 3.8) is 0 Å². The largest absolute Gasteiger partial charge is 0.354 e. The molecule has 4 saturated heterocycles. The minimum absolute atomic E-state index is 0.0294. The summed E-state index contributed by atoms with van der Waals surface area (Å²) < 4.78 is 0. The summed E-state index contributed by atoms with van der Waals surface area (Å²) in [6, 6.07) is 1.18. The molecule has 17 heteroatoms. The zero-order valence-electron chi connectivity index (χ0n) is 81.4. The van der Waals surface area contributed by atoms with Gasteiger partial charge in [0.05, 0.1) is 0 Å². The highest BCUT2D eigenvalue weighted by molar-refractivity contribution is 5.49. The fourth-order valence-corrected chi connectivity index (χ4v) is 21.9. The number of hydrogen-bond acceptors (Lipinski definition) is 17. The molecule has 680 valence electrons. The van der Waals surface area contributed by atoms with E-state index < -0.39 is 0 Å². The third-order valence-electron chi connectivity index (χ3n) is 26.4. The summed E-state index contributed by atoms with van der Waals surface area (Å²) in [6.07, 6.45) is 65.4. The molecule has 2 aromatic rings. The Hall–Kier alpha value is -3.38. The first kappa shape index (κ1) is 102. The number of hydrogen-bond donors (Lipinski definition) is 6. The van der Waals surface area contributed by atoms with Gasteiger partial charge in [0, 0.05) is 108 Å². The fraction of sp³-hybridized carbons (Fsp3) is 0.940. The van der Waals surface area contributed by atoms with Gasteiger partial charge in [-0.25, -0.2) is 0 Å². The molecule has 6 N–H and O–H groups in total. The van der Waals surface area contributed by atoms with E-state index in [2.05, 4.69) is 202 Å². The van der Waals surface area contributed by atoms with Crippen LogP contribution in [0.15, 0.2) is 0 Å². The van der Waals surface area contributed by atoms with Crippen molar-refractivity contribution in [2.75, 3.05) is 89.1 Å². The average Bonchev–Trinajstić information content (AvgIpc) is 0.782. The SMILES string of the molecule is CCCCCCCCCCCCN(c1nc(NCCCN(CCCC)CCCNc2nc(N(CCCCCCCCCCCC)C3CC(C)(C)NC(C)(C)C3)nc(N(CCCCCCCCCCCC)C3CC(C)(C)NC(C)(C)C3)n2)nc(N(CCCCCCCCCCCC)C2CC(C)(C)NC(C)(C)C2)n1)C1CC(C)(C)NC(C)(C)C1. The van der Waals surface area contributed by atoms with E-state index in [-0.39, 0.29) is 44.3 Å². The lowest BCUT2D eigenvalue weighted by Crippen LogP contribution is -2.63. The van der Waals surface area contributed by atoms with Crippen molar-refractivity contribution in [3.8, 4) is 0 Å². The van der Waals surface area contributed by atoms with Crippen molar-refractivity contribution in [2.45, 2.75) is 548 Å². The van der Waals surface area contributed by atoms with E-state index in [1.165, 1.54) is 244 Å². The zero-order valence-corrected chi connectivity index (χ0v) is 81.4. The number of rotatable bonds is 65. The van der Waals surface area contributed by atoms with Crippen LogP contribution in [-0.4, -0.2) is 162 Å². The van der Waals surface area contributed by atoms with E-state index in [0.717, 1.165) is 184 Å². The Morgan fingerprint density at radius 3 is 0.581 bits per heavy atom. The number of unbranched alkanes of at least 4 members (excludes halogenated alkanes) is 37. The quantitative estimate of drug-likeness (QED) is 0.0346. The predicted octanol–water partition coefficient (Wildman–Crippen LogP) is 25.6. The molecular weight excluding hydrogens is 1440 g/mol. The Morgan fingerprint density at radius 1 is 0.222 bits per heavy atom. The van der Waals surface area contributed by atoms with Crippen LogP contribution < -0.4 is 51.5 Å². The Bertz CT molecular complexity index is 2490. The van der Waals surface area contributed by atoms with Crippen LogP contribution >= 0.6 is 0 Å². The van der Waals surface area contributed by atoms with Crippen molar-refractivity contribution in [2.24, 2.45) is 0 Å². The Balaban J connectivity index is 1.30. The van der Waals surface area contributed by atoms with Gasteiger partial charge in [-0.05, 0) is 227 Å². The minimum atomic E-state index is -0.0294. The van der Waals surface area contributed by atoms with Gasteiger partial charge in [-0.15, -0.1) is 0 Å². The maximum Gasteiger partial charge on any atom is 0.232 e. The molecule has 4 fully saturated rings. The van der Waals surface area contributed by atoms with Crippen molar-refractivity contribution in [1.29, 1.82) is 0 Å². The van der Waals surface area contributed by atoms with Crippen LogP contribution in [0.25, 0.3) is 0 Å². The van der Waals surface area contributed by atoms with Gasteiger partial charge in [0.15, 0.2) is 0 Å². The van der Waals surface area contributed by atoms with Crippen LogP contribution in [0.5, 0.6) is 0 Å². The molecule has 6 heterocycles. The van der Waals surface area contributed by atoms with Crippen molar-refractivity contribution in [3.05, 3.63) is 0 Å². The number of nitrogens with one attached hydrogen (secondary N) is 6. The second kappa shape index (κ2) is 53.1. The third-order valence-corrected chi connectivity index (χ3v) is 26.4. The highest BCUT2D eigenvalue weighted by atomic mass is 15.4. The first-order chi connectivity index (χ1) is 55.7. The van der Waals surface area contributed by atoms with Crippen molar-refractivity contribution in [1.82, 2.24) is 56.1 Å². The number of anilines is 6.